The van der Waals surface area contributed by atoms with E-state index in [2.05, 4.69) is 24.3 Å². The zero-order valence-corrected chi connectivity index (χ0v) is 12.1. The molecule has 0 aliphatic heterocycles. The highest BCUT2D eigenvalue weighted by molar-refractivity contribution is 5.47. The number of anilines is 1. The number of aromatic nitrogens is 2. The molecule has 20 heavy (non-hydrogen) atoms. The van der Waals surface area contributed by atoms with Gasteiger partial charge in [-0.25, -0.2) is 4.39 Å². The van der Waals surface area contributed by atoms with Gasteiger partial charge in [-0.2, -0.15) is 5.10 Å². The Hall–Kier alpha value is -2.04. The van der Waals surface area contributed by atoms with Crippen LogP contribution in [0.4, 0.5) is 10.1 Å². The molecular formula is C15H20FN3O. The molecule has 0 aliphatic carbocycles. The summed E-state index contributed by atoms with van der Waals surface area (Å²) in [5.41, 5.74) is 1.64. The first kappa shape index (κ1) is 14.4. The smallest absolute Gasteiger partial charge is 0.167 e. The van der Waals surface area contributed by atoms with E-state index in [1.165, 1.54) is 13.2 Å². The molecule has 2 rings (SSSR count). The Bertz CT molecular complexity index is 568. The third-order valence-corrected chi connectivity index (χ3v) is 3.33. The fraction of sp³-hybridized carbons (Fsp3) is 0.400. The van der Waals surface area contributed by atoms with Crippen molar-refractivity contribution in [3.8, 4) is 5.75 Å². The number of rotatable bonds is 6. The van der Waals surface area contributed by atoms with Gasteiger partial charge >= 0.3 is 0 Å². The van der Waals surface area contributed by atoms with Crippen molar-refractivity contribution in [3.05, 3.63) is 42.0 Å². The lowest BCUT2D eigenvalue weighted by molar-refractivity contribution is 0.386. The van der Waals surface area contributed by atoms with Gasteiger partial charge in [0.15, 0.2) is 11.6 Å². The van der Waals surface area contributed by atoms with Crippen molar-refractivity contribution < 1.29 is 9.13 Å². The Morgan fingerprint density at radius 3 is 2.85 bits per heavy atom. The van der Waals surface area contributed by atoms with Crippen molar-refractivity contribution in [3.63, 3.8) is 0 Å². The lowest BCUT2D eigenvalue weighted by atomic mass is 10.3. The first-order valence-corrected chi connectivity index (χ1v) is 6.75. The van der Waals surface area contributed by atoms with E-state index in [0.717, 1.165) is 12.1 Å². The molecule has 0 amide bonds. The molecule has 1 atom stereocenters. The number of nitrogens with one attached hydrogen (secondary N) is 1. The first-order chi connectivity index (χ1) is 9.63. The molecule has 2 aromatic rings. The highest BCUT2D eigenvalue weighted by Gasteiger charge is 2.06. The van der Waals surface area contributed by atoms with Crippen LogP contribution in [0.5, 0.6) is 5.75 Å². The molecule has 0 saturated carbocycles. The molecule has 108 valence electrons. The molecule has 1 aromatic carbocycles. The molecule has 0 bridgehead atoms. The van der Waals surface area contributed by atoms with E-state index in [0.29, 0.717) is 18.3 Å². The maximum Gasteiger partial charge on any atom is 0.167 e. The van der Waals surface area contributed by atoms with Crippen LogP contribution < -0.4 is 10.1 Å². The van der Waals surface area contributed by atoms with Crippen LogP contribution >= 0.6 is 0 Å². The lowest BCUT2D eigenvalue weighted by Gasteiger charge is -2.09. The second kappa shape index (κ2) is 6.41. The summed E-state index contributed by atoms with van der Waals surface area (Å²) in [7, 11) is 1.45. The molecule has 1 aromatic heterocycles. The molecule has 0 fully saturated rings. The Labute approximate surface area is 118 Å². The maximum absolute atomic E-state index is 13.5. The number of halogens is 1. The Balaban J connectivity index is 1.98. The third-order valence-electron chi connectivity index (χ3n) is 3.33. The summed E-state index contributed by atoms with van der Waals surface area (Å²) >= 11 is 0. The molecular weight excluding hydrogens is 257 g/mol. The summed E-state index contributed by atoms with van der Waals surface area (Å²) in [6.45, 7) is 4.82. The quantitative estimate of drug-likeness (QED) is 0.876. The van der Waals surface area contributed by atoms with E-state index >= 15 is 0 Å². The van der Waals surface area contributed by atoms with Gasteiger partial charge in [-0.3, -0.25) is 4.68 Å². The van der Waals surface area contributed by atoms with Crippen molar-refractivity contribution in [2.24, 2.45) is 0 Å². The number of ether oxygens (including phenoxy) is 1. The highest BCUT2D eigenvalue weighted by Crippen LogP contribution is 2.21. The van der Waals surface area contributed by atoms with Crippen LogP contribution in [0.15, 0.2) is 30.5 Å². The average Bonchev–Trinajstić information content (AvgIpc) is 2.93. The van der Waals surface area contributed by atoms with Crippen LogP contribution in [-0.2, 0) is 6.54 Å². The van der Waals surface area contributed by atoms with E-state index in [9.17, 15) is 4.39 Å². The SMILES string of the molecule is CCC(C)n1ccc(CNc2ccc(OC)c(F)c2)n1. The molecule has 0 spiro atoms. The topological polar surface area (TPSA) is 39.1 Å². The predicted molar refractivity (Wildman–Crippen MR) is 77.5 cm³/mol. The summed E-state index contributed by atoms with van der Waals surface area (Å²) in [4.78, 5) is 0. The van der Waals surface area contributed by atoms with Crippen molar-refractivity contribution in [2.45, 2.75) is 32.9 Å². The minimum Gasteiger partial charge on any atom is -0.494 e. The van der Waals surface area contributed by atoms with Crippen molar-refractivity contribution >= 4 is 5.69 Å². The van der Waals surface area contributed by atoms with E-state index < -0.39 is 0 Å². The minimum absolute atomic E-state index is 0.247. The van der Waals surface area contributed by atoms with Crippen LogP contribution in [-0.4, -0.2) is 16.9 Å². The summed E-state index contributed by atoms with van der Waals surface area (Å²) in [6, 6.07) is 7.18. The Kier molecular flexibility index (Phi) is 4.61. The molecule has 1 N–H and O–H groups in total. The van der Waals surface area contributed by atoms with Crippen LogP contribution in [0.3, 0.4) is 0 Å². The lowest BCUT2D eigenvalue weighted by Crippen LogP contribution is -2.06. The van der Waals surface area contributed by atoms with E-state index in [1.54, 1.807) is 12.1 Å². The van der Waals surface area contributed by atoms with Crippen molar-refractivity contribution in [2.75, 3.05) is 12.4 Å². The summed E-state index contributed by atoms with van der Waals surface area (Å²) in [5.74, 6) is -0.126. The molecule has 1 unspecified atom stereocenters. The fourth-order valence-electron chi connectivity index (χ4n) is 1.87. The fourth-order valence-corrected chi connectivity index (χ4v) is 1.87. The number of nitrogens with zero attached hydrogens (tertiary/aromatic N) is 2. The van der Waals surface area contributed by atoms with Crippen LogP contribution in [0, 0.1) is 5.82 Å². The standard InChI is InChI=1S/C15H20FN3O/c1-4-11(2)19-8-7-13(18-19)10-17-12-5-6-15(20-3)14(16)9-12/h5-9,11,17H,4,10H2,1-3H3. The Morgan fingerprint density at radius 1 is 1.40 bits per heavy atom. The second-order valence-electron chi connectivity index (χ2n) is 4.75. The second-order valence-corrected chi connectivity index (χ2v) is 4.75. The molecule has 1 heterocycles. The van der Waals surface area contributed by atoms with Gasteiger partial charge in [0.2, 0.25) is 0 Å². The van der Waals surface area contributed by atoms with E-state index in [-0.39, 0.29) is 11.6 Å². The largest absolute Gasteiger partial charge is 0.494 e. The number of methoxy groups -OCH3 is 1. The molecule has 5 heteroatoms. The minimum atomic E-state index is -0.373. The zero-order valence-electron chi connectivity index (χ0n) is 12.1. The number of benzene rings is 1. The van der Waals surface area contributed by atoms with Gasteiger partial charge < -0.3 is 10.1 Å². The normalized spacial score (nSPS) is 12.2. The number of hydrogen-bond acceptors (Lipinski definition) is 3. The van der Waals surface area contributed by atoms with Gasteiger partial charge in [-0.05, 0) is 31.5 Å². The summed E-state index contributed by atoms with van der Waals surface area (Å²) in [5, 5.41) is 7.64. The van der Waals surface area contributed by atoms with Gasteiger partial charge in [0, 0.05) is 24.0 Å². The Morgan fingerprint density at radius 2 is 2.20 bits per heavy atom. The van der Waals surface area contributed by atoms with Crippen LogP contribution in [0.1, 0.15) is 32.0 Å². The third kappa shape index (κ3) is 3.29. The van der Waals surface area contributed by atoms with Gasteiger partial charge in [-0.1, -0.05) is 6.92 Å². The zero-order chi connectivity index (χ0) is 14.5. The molecule has 0 aliphatic rings. The van der Waals surface area contributed by atoms with Crippen LogP contribution in [0.25, 0.3) is 0 Å². The van der Waals surface area contributed by atoms with Crippen molar-refractivity contribution in [1.29, 1.82) is 0 Å². The molecule has 0 radical (unpaired) electrons. The monoisotopic (exact) mass is 277 g/mol. The van der Waals surface area contributed by atoms with Gasteiger partial charge in [-0.15, -0.1) is 0 Å². The van der Waals surface area contributed by atoms with Crippen molar-refractivity contribution in [1.82, 2.24) is 9.78 Å². The highest BCUT2D eigenvalue weighted by atomic mass is 19.1. The average molecular weight is 277 g/mol. The van der Waals surface area contributed by atoms with Gasteiger partial charge in [0.1, 0.15) is 0 Å². The van der Waals surface area contributed by atoms with Gasteiger partial charge in [0.05, 0.1) is 19.3 Å². The summed E-state index contributed by atoms with van der Waals surface area (Å²) < 4.78 is 20.4. The molecule has 4 nitrogen and oxygen atoms in total. The first-order valence-electron chi connectivity index (χ1n) is 6.75. The van der Waals surface area contributed by atoms with Crippen LogP contribution in [0.2, 0.25) is 0 Å². The summed E-state index contributed by atoms with van der Waals surface area (Å²) in [6.07, 6.45) is 3.01. The number of hydrogen-bond donors (Lipinski definition) is 1. The molecule has 0 saturated heterocycles. The predicted octanol–water partition coefficient (Wildman–Crippen LogP) is 3.61. The van der Waals surface area contributed by atoms with Gasteiger partial charge in [0.25, 0.3) is 0 Å². The van der Waals surface area contributed by atoms with E-state index in [4.69, 9.17) is 4.74 Å². The van der Waals surface area contributed by atoms with E-state index in [1.807, 2.05) is 16.9 Å². The maximum atomic E-state index is 13.5.